The first-order chi connectivity index (χ1) is 13.2. The molecule has 1 saturated heterocycles. The molecule has 4 rings (SSSR count). The second-order valence-electron chi connectivity index (χ2n) is 6.34. The van der Waals surface area contributed by atoms with Crippen molar-refractivity contribution in [2.24, 2.45) is 0 Å². The number of hydrogen-bond donors (Lipinski definition) is 1. The maximum atomic E-state index is 13.2. The van der Waals surface area contributed by atoms with E-state index < -0.39 is 0 Å². The fourth-order valence-corrected chi connectivity index (χ4v) is 3.52. The summed E-state index contributed by atoms with van der Waals surface area (Å²) in [5, 5.41) is 0. The van der Waals surface area contributed by atoms with Crippen LogP contribution in [0.2, 0.25) is 0 Å². The first-order valence-corrected chi connectivity index (χ1v) is 10.1. The van der Waals surface area contributed by atoms with Gasteiger partial charge in [0, 0.05) is 18.0 Å². The number of carbonyl (C=O) groups is 1. The van der Waals surface area contributed by atoms with Gasteiger partial charge in [-0.2, -0.15) is 0 Å². The van der Waals surface area contributed by atoms with Gasteiger partial charge in [-0.1, -0.05) is 24.3 Å². The van der Waals surface area contributed by atoms with Crippen molar-refractivity contribution >= 4 is 40.4 Å². The molecule has 1 aromatic heterocycles. The molecule has 2 heterocycles. The van der Waals surface area contributed by atoms with Crippen molar-refractivity contribution in [1.82, 2.24) is 14.9 Å². The highest BCUT2D eigenvalue weighted by atomic mass is 32.2. The van der Waals surface area contributed by atoms with Gasteiger partial charge in [0.15, 0.2) is 0 Å². The molecule has 0 bridgehead atoms. The molecule has 0 aliphatic carbocycles. The van der Waals surface area contributed by atoms with E-state index in [9.17, 15) is 4.79 Å². The standard InChI is InChI=1S/C21H21N3O2S/c1-27-16-8-6-15(7-9-16)14-17(21(25)24-10-12-26-13-11-24)20-22-18-4-2-3-5-19(18)23-20/h2-9,14H,10-13H2,1H3,(H,22,23)/b17-14+. The molecular formula is C21H21N3O2S. The van der Waals surface area contributed by atoms with Crippen LogP contribution in [0.25, 0.3) is 22.7 Å². The van der Waals surface area contributed by atoms with Crippen molar-refractivity contribution < 1.29 is 9.53 Å². The number of ether oxygens (including phenoxy) is 1. The summed E-state index contributed by atoms with van der Waals surface area (Å²) in [4.78, 5) is 24.2. The summed E-state index contributed by atoms with van der Waals surface area (Å²) in [6.07, 6.45) is 3.96. The number of morpholine rings is 1. The molecule has 1 N–H and O–H groups in total. The van der Waals surface area contributed by atoms with Gasteiger partial charge in [0.1, 0.15) is 5.82 Å². The number of hydrogen-bond acceptors (Lipinski definition) is 4. The van der Waals surface area contributed by atoms with E-state index in [1.807, 2.05) is 53.6 Å². The third-order valence-corrected chi connectivity index (χ3v) is 5.34. The van der Waals surface area contributed by atoms with Crippen LogP contribution in [0.1, 0.15) is 11.4 Å². The highest BCUT2D eigenvalue weighted by Crippen LogP contribution is 2.23. The average Bonchev–Trinajstić information content (AvgIpc) is 3.16. The fraction of sp³-hybridized carbons (Fsp3) is 0.238. The summed E-state index contributed by atoms with van der Waals surface area (Å²) in [6, 6.07) is 16.0. The number of rotatable bonds is 4. The Kier molecular flexibility index (Phi) is 5.27. The van der Waals surface area contributed by atoms with Crippen LogP contribution in [0, 0.1) is 0 Å². The second kappa shape index (κ2) is 7.98. The number of amides is 1. The number of carbonyl (C=O) groups excluding carboxylic acids is 1. The zero-order chi connectivity index (χ0) is 18.6. The smallest absolute Gasteiger partial charge is 0.257 e. The summed E-state index contributed by atoms with van der Waals surface area (Å²) in [5.41, 5.74) is 3.33. The topological polar surface area (TPSA) is 58.2 Å². The molecule has 2 aromatic carbocycles. The summed E-state index contributed by atoms with van der Waals surface area (Å²) in [7, 11) is 0. The number of nitrogens with zero attached hydrogens (tertiary/aromatic N) is 2. The Morgan fingerprint density at radius 3 is 2.59 bits per heavy atom. The van der Waals surface area contributed by atoms with Gasteiger partial charge in [0.05, 0.1) is 29.8 Å². The molecule has 0 radical (unpaired) electrons. The first kappa shape index (κ1) is 17.8. The SMILES string of the molecule is CSc1ccc(/C=C(/C(=O)N2CCOCC2)c2nc3ccccc3[nH]2)cc1. The predicted molar refractivity (Wildman–Crippen MR) is 110 cm³/mol. The summed E-state index contributed by atoms with van der Waals surface area (Å²) in [6.45, 7) is 2.34. The Bertz CT molecular complexity index is 940. The molecule has 0 saturated carbocycles. The minimum Gasteiger partial charge on any atom is -0.378 e. The summed E-state index contributed by atoms with van der Waals surface area (Å²) in [5.74, 6) is 0.577. The molecule has 1 fully saturated rings. The lowest BCUT2D eigenvalue weighted by molar-refractivity contribution is -0.128. The van der Waals surface area contributed by atoms with Crippen LogP contribution in [-0.4, -0.2) is 53.3 Å². The molecule has 1 aliphatic heterocycles. The Labute approximate surface area is 162 Å². The van der Waals surface area contributed by atoms with Crippen molar-refractivity contribution in [1.29, 1.82) is 0 Å². The van der Waals surface area contributed by atoms with Crippen LogP contribution in [0.3, 0.4) is 0 Å². The lowest BCUT2D eigenvalue weighted by Crippen LogP contribution is -2.41. The van der Waals surface area contributed by atoms with Crippen molar-refractivity contribution in [3.8, 4) is 0 Å². The second-order valence-corrected chi connectivity index (χ2v) is 7.22. The van der Waals surface area contributed by atoms with Crippen molar-refractivity contribution in [3.05, 3.63) is 59.9 Å². The van der Waals surface area contributed by atoms with E-state index >= 15 is 0 Å². The lowest BCUT2D eigenvalue weighted by atomic mass is 10.1. The number of benzene rings is 2. The van der Waals surface area contributed by atoms with Crippen LogP contribution < -0.4 is 0 Å². The highest BCUT2D eigenvalue weighted by Gasteiger charge is 2.24. The minimum atomic E-state index is -0.0219. The maximum absolute atomic E-state index is 13.2. The Morgan fingerprint density at radius 1 is 1.15 bits per heavy atom. The van der Waals surface area contributed by atoms with Crippen LogP contribution in [0.4, 0.5) is 0 Å². The Balaban J connectivity index is 1.75. The first-order valence-electron chi connectivity index (χ1n) is 8.92. The largest absolute Gasteiger partial charge is 0.378 e. The van der Waals surface area contributed by atoms with Crippen LogP contribution in [0.5, 0.6) is 0 Å². The summed E-state index contributed by atoms with van der Waals surface area (Å²) >= 11 is 1.70. The van der Waals surface area contributed by atoms with E-state index in [4.69, 9.17) is 4.74 Å². The molecule has 1 aliphatic rings. The molecule has 0 atom stereocenters. The number of nitrogens with one attached hydrogen (secondary N) is 1. The van der Waals surface area contributed by atoms with E-state index in [1.54, 1.807) is 11.8 Å². The third kappa shape index (κ3) is 3.91. The van der Waals surface area contributed by atoms with Gasteiger partial charge in [0.25, 0.3) is 5.91 Å². The molecule has 3 aromatic rings. The normalized spacial score (nSPS) is 15.3. The zero-order valence-corrected chi connectivity index (χ0v) is 16.0. The van der Waals surface area contributed by atoms with Gasteiger partial charge in [-0.05, 0) is 42.2 Å². The van der Waals surface area contributed by atoms with E-state index in [1.165, 1.54) is 4.90 Å². The molecule has 27 heavy (non-hydrogen) atoms. The molecule has 5 nitrogen and oxygen atoms in total. The van der Waals surface area contributed by atoms with Gasteiger partial charge in [-0.15, -0.1) is 11.8 Å². The Hall–Kier alpha value is -2.57. The lowest BCUT2D eigenvalue weighted by Gasteiger charge is -2.27. The van der Waals surface area contributed by atoms with Crippen molar-refractivity contribution in [2.75, 3.05) is 32.6 Å². The van der Waals surface area contributed by atoms with E-state index in [-0.39, 0.29) is 5.91 Å². The number of imidazole rings is 1. The van der Waals surface area contributed by atoms with Gasteiger partial charge >= 0.3 is 0 Å². The van der Waals surface area contributed by atoms with Crippen LogP contribution >= 0.6 is 11.8 Å². The monoisotopic (exact) mass is 379 g/mol. The quantitative estimate of drug-likeness (QED) is 0.555. The van der Waals surface area contributed by atoms with E-state index in [0.717, 1.165) is 16.6 Å². The van der Waals surface area contributed by atoms with Crippen LogP contribution in [-0.2, 0) is 9.53 Å². The number of para-hydroxylation sites is 2. The van der Waals surface area contributed by atoms with Gasteiger partial charge < -0.3 is 14.6 Å². The van der Waals surface area contributed by atoms with Crippen LogP contribution in [0.15, 0.2) is 53.4 Å². The van der Waals surface area contributed by atoms with Gasteiger partial charge in [-0.25, -0.2) is 4.98 Å². The van der Waals surface area contributed by atoms with Crippen molar-refractivity contribution in [2.45, 2.75) is 4.90 Å². The molecular weight excluding hydrogens is 358 g/mol. The molecule has 1 amide bonds. The third-order valence-electron chi connectivity index (χ3n) is 4.60. The molecule has 0 spiro atoms. The number of aromatic amines is 1. The maximum Gasteiger partial charge on any atom is 0.257 e. The average molecular weight is 379 g/mol. The zero-order valence-electron chi connectivity index (χ0n) is 15.1. The van der Waals surface area contributed by atoms with Gasteiger partial charge in [0.2, 0.25) is 0 Å². The number of fused-ring (bicyclic) bond motifs is 1. The minimum absolute atomic E-state index is 0.0219. The summed E-state index contributed by atoms with van der Waals surface area (Å²) < 4.78 is 5.39. The molecule has 0 unspecified atom stereocenters. The number of H-pyrrole nitrogens is 1. The van der Waals surface area contributed by atoms with Crippen molar-refractivity contribution in [3.63, 3.8) is 0 Å². The Morgan fingerprint density at radius 2 is 1.89 bits per heavy atom. The molecule has 138 valence electrons. The van der Waals surface area contributed by atoms with E-state index in [0.29, 0.717) is 37.7 Å². The fourth-order valence-electron chi connectivity index (χ4n) is 3.12. The van der Waals surface area contributed by atoms with E-state index in [2.05, 4.69) is 22.1 Å². The number of thioether (sulfide) groups is 1. The van der Waals surface area contributed by atoms with Gasteiger partial charge in [-0.3, -0.25) is 4.79 Å². The number of aromatic nitrogens is 2. The highest BCUT2D eigenvalue weighted by molar-refractivity contribution is 7.98. The molecule has 6 heteroatoms. The predicted octanol–water partition coefficient (Wildman–Crippen LogP) is 3.68.